The van der Waals surface area contributed by atoms with Crippen molar-refractivity contribution in [1.82, 2.24) is 13.7 Å². The Labute approximate surface area is 340 Å². The minimum atomic E-state index is 0.633. The summed E-state index contributed by atoms with van der Waals surface area (Å²) in [6, 6.07) is 71.8. The largest absolute Gasteiger partial charge is 0.399 e. The van der Waals surface area contributed by atoms with E-state index in [0.717, 1.165) is 50.0 Å². The van der Waals surface area contributed by atoms with Crippen molar-refractivity contribution in [3.63, 3.8) is 0 Å². The highest BCUT2D eigenvalue weighted by molar-refractivity contribution is 6.14. The lowest BCUT2D eigenvalue weighted by atomic mass is 9.98. The number of nitrogens with two attached hydrogens (primary N) is 2. The Morgan fingerprint density at radius 3 is 0.932 bits per heavy atom. The molecule has 0 saturated carbocycles. The summed E-state index contributed by atoms with van der Waals surface area (Å²) in [5, 5.41) is 7.25. The SMILES string of the molecule is Nc1cc(N)cc(-n2c3ccc(-c4ccc5c(c4)c4ccccc4n5-c4ccccc4)cc3c3cc(-c4ccc5c(c4)c4ccccc4n5-c4ccccc4)ccc32)c1. The minimum absolute atomic E-state index is 0.633. The third-order valence-electron chi connectivity index (χ3n) is 12.0. The van der Waals surface area contributed by atoms with Crippen molar-refractivity contribution in [2.45, 2.75) is 0 Å². The Balaban J connectivity index is 1.06. The van der Waals surface area contributed by atoms with Crippen molar-refractivity contribution >= 4 is 76.8 Å². The topological polar surface area (TPSA) is 66.8 Å². The Bertz CT molecular complexity index is 3390. The maximum absolute atomic E-state index is 6.40. The molecule has 0 aliphatic carbocycles. The fourth-order valence-electron chi connectivity index (χ4n) is 9.46. The standard InChI is InChI=1S/C54H37N5/c55-38-31-39(56)33-42(32-38)59-53-25-21-36(34-19-23-51-45(27-34)43-15-7-9-17-49(43)57(51)40-11-3-1-4-12-40)29-47(53)48-30-37(22-26-54(48)59)35-20-24-52-46(28-35)44-16-8-10-18-50(44)58(52)41-13-5-2-6-14-41/h1-33H,55-56H2. The summed E-state index contributed by atoms with van der Waals surface area (Å²) in [7, 11) is 0. The number of nitrogens with zero attached hydrogens (tertiary/aromatic N) is 3. The lowest BCUT2D eigenvalue weighted by Gasteiger charge is -2.11. The molecule has 0 amide bonds. The van der Waals surface area contributed by atoms with Crippen molar-refractivity contribution in [1.29, 1.82) is 0 Å². The van der Waals surface area contributed by atoms with Crippen LogP contribution in [-0.4, -0.2) is 13.7 Å². The van der Waals surface area contributed by atoms with E-state index in [4.69, 9.17) is 11.5 Å². The molecule has 0 aliphatic rings. The van der Waals surface area contributed by atoms with Gasteiger partial charge in [0.1, 0.15) is 0 Å². The number of nitrogen functional groups attached to an aromatic ring is 2. The fourth-order valence-corrected chi connectivity index (χ4v) is 9.46. The summed E-state index contributed by atoms with van der Waals surface area (Å²) in [5.41, 5.74) is 28.9. The molecule has 12 aromatic rings. The van der Waals surface area contributed by atoms with E-state index in [1.54, 1.807) is 0 Å². The molecule has 0 fully saturated rings. The fraction of sp³-hybridized carbons (Fsp3) is 0. The van der Waals surface area contributed by atoms with Crippen LogP contribution in [-0.2, 0) is 0 Å². The van der Waals surface area contributed by atoms with Crippen LogP contribution in [0.1, 0.15) is 0 Å². The molecule has 3 aromatic heterocycles. The van der Waals surface area contributed by atoms with E-state index in [-0.39, 0.29) is 0 Å². The Morgan fingerprint density at radius 2 is 0.542 bits per heavy atom. The van der Waals surface area contributed by atoms with Gasteiger partial charge in [0.25, 0.3) is 0 Å². The molecule has 12 rings (SSSR count). The van der Waals surface area contributed by atoms with Crippen molar-refractivity contribution in [2.24, 2.45) is 0 Å². The maximum atomic E-state index is 6.40. The van der Waals surface area contributed by atoms with E-state index in [0.29, 0.717) is 11.4 Å². The zero-order chi connectivity index (χ0) is 39.2. The summed E-state index contributed by atoms with van der Waals surface area (Å²) in [6.45, 7) is 0. The molecular formula is C54H37N5. The van der Waals surface area contributed by atoms with Gasteiger partial charge >= 0.3 is 0 Å². The van der Waals surface area contributed by atoms with Crippen LogP contribution in [0.4, 0.5) is 11.4 Å². The predicted molar refractivity (Wildman–Crippen MR) is 249 cm³/mol. The van der Waals surface area contributed by atoms with E-state index in [9.17, 15) is 0 Å². The first-order chi connectivity index (χ1) is 29.1. The van der Waals surface area contributed by atoms with Gasteiger partial charge in [0.2, 0.25) is 0 Å². The number of hydrogen-bond acceptors (Lipinski definition) is 2. The first-order valence-electron chi connectivity index (χ1n) is 20.0. The second kappa shape index (κ2) is 12.7. The molecule has 4 N–H and O–H groups in total. The van der Waals surface area contributed by atoms with Gasteiger partial charge in [-0.05, 0) is 125 Å². The predicted octanol–water partition coefficient (Wildman–Crippen LogP) is 13.5. The zero-order valence-corrected chi connectivity index (χ0v) is 32.0. The van der Waals surface area contributed by atoms with Gasteiger partial charge in [-0.15, -0.1) is 0 Å². The van der Waals surface area contributed by atoms with E-state index in [1.807, 2.05) is 18.2 Å². The highest BCUT2D eigenvalue weighted by Crippen LogP contribution is 2.41. The molecule has 0 atom stereocenters. The summed E-state index contributed by atoms with van der Waals surface area (Å²) in [5.74, 6) is 0. The summed E-state index contributed by atoms with van der Waals surface area (Å²) < 4.78 is 7.01. The van der Waals surface area contributed by atoms with E-state index >= 15 is 0 Å². The number of benzene rings is 9. The van der Waals surface area contributed by atoms with Gasteiger partial charge in [-0.2, -0.15) is 0 Å². The van der Waals surface area contributed by atoms with Crippen LogP contribution in [0.3, 0.4) is 0 Å². The van der Waals surface area contributed by atoms with Crippen LogP contribution in [0, 0.1) is 0 Å². The van der Waals surface area contributed by atoms with E-state index in [2.05, 4.69) is 196 Å². The maximum Gasteiger partial charge on any atom is 0.0541 e. The summed E-state index contributed by atoms with van der Waals surface area (Å²) in [4.78, 5) is 0. The number of fused-ring (bicyclic) bond motifs is 9. The highest BCUT2D eigenvalue weighted by atomic mass is 15.0. The number of para-hydroxylation sites is 4. The van der Waals surface area contributed by atoms with Crippen LogP contribution >= 0.6 is 0 Å². The van der Waals surface area contributed by atoms with Gasteiger partial charge in [-0.3, -0.25) is 0 Å². The molecule has 3 heterocycles. The second-order valence-electron chi connectivity index (χ2n) is 15.5. The van der Waals surface area contributed by atoms with Crippen molar-refractivity contribution < 1.29 is 0 Å². The smallest absolute Gasteiger partial charge is 0.0541 e. The third kappa shape index (κ3) is 5.12. The normalized spacial score (nSPS) is 11.9. The lowest BCUT2D eigenvalue weighted by Crippen LogP contribution is -1.98. The zero-order valence-electron chi connectivity index (χ0n) is 32.0. The third-order valence-corrected chi connectivity index (χ3v) is 12.0. The average molecular weight is 756 g/mol. The Morgan fingerprint density at radius 1 is 0.237 bits per heavy atom. The average Bonchev–Trinajstić information content (AvgIpc) is 3.91. The van der Waals surface area contributed by atoms with Crippen molar-refractivity contribution in [3.8, 4) is 39.3 Å². The van der Waals surface area contributed by atoms with Gasteiger partial charge in [0.15, 0.2) is 0 Å². The molecule has 0 bridgehead atoms. The molecule has 278 valence electrons. The summed E-state index contributed by atoms with van der Waals surface area (Å²) in [6.07, 6.45) is 0. The Hall–Kier alpha value is -8.02. The Kier molecular flexibility index (Phi) is 7.16. The van der Waals surface area contributed by atoms with Crippen LogP contribution < -0.4 is 11.5 Å². The highest BCUT2D eigenvalue weighted by Gasteiger charge is 2.18. The lowest BCUT2D eigenvalue weighted by molar-refractivity contribution is 1.18. The van der Waals surface area contributed by atoms with Gasteiger partial charge in [-0.1, -0.05) is 97.1 Å². The second-order valence-corrected chi connectivity index (χ2v) is 15.5. The molecule has 5 heteroatoms. The van der Waals surface area contributed by atoms with Crippen LogP contribution in [0.5, 0.6) is 0 Å². The quantitative estimate of drug-likeness (QED) is 0.172. The van der Waals surface area contributed by atoms with Crippen LogP contribution in [0.2, 0.25) is 0 Å². The number of hydrogen-bond donors (Lipinski definition) is 2. The van der Waals surface area contributed by atoms with Gasteiger partial charge in [0, 0.05) is 55.1 Å². The molecule has 0 spiro atoms. The van der Waals surface area contributed by atoms with Crippen molar-refractivity contribution in [2.75, 3.05) is 11.5 Å². The molecule has 0 aliphatic heterocycles. The molecule has 59 heavy (non-hydrogen) atoms. The van der Waals surface area contributed by atoms with E-state index in [1.165, 1.54) is 54.7 Å². The van der Waals surface area contributed by atoms with E-state index < -0.39 is 0 Å². The van der Waals surface area contributed by atoms with Gasteiger partial charge in [-0.25, -0.2) is 0 Å². The molecule has 5 nitrogen and oxygen atoms in total. The first kappa shape index (κ1) is 33.2. The number of aromatic nitrogens is 3. The molecule has 0 saturated heterocycles. The molecule has 0 radical (unpaired) electrons. The van der Waals surface area contributed by atoms with Crippen molar-refractivity contribution in [3.05, 3.63) is 200 Å². The molecular weight excluding hydrogens is 719 g/mol. The minimum Gasteiger partial charge on any atom is -0.399 e. The van der Waals surface area contributed by atoms with Gasteiger partial charge < -0.3 is 25.2 Å². The monoisotopic (exact) mass is 755 g/mol. The number of rotatable bonds is 5. The van der Waals surface area contributed by atoms with Crippen LogP contribution in [0.15, 0.2) is 200 Å². The molecule has 0 unspecified atom stereocenters. The number of anilines is 2. The van der Waals surface area contributed by atoms with Crippen LogP contribution in [0.25, 0.3) is 105 Å². The first-order valence-corrected chi connectivity index (χ1v) is 20.0. The van der Waals surface area contributed by atoms with Gasteiger partial charge in [0.05, 0.1) is 38.8 Å². The summed E-state index contributed by atoms with van der Waals surface area (Å²) >= 11 is 0. The molecule has 9 aromatic carbocycles.